The first-order valence-corrected chi connectivity index (χ1v) is 8.02. The first-order valence-electron chi connectivity index (χ1n) is 6.95. The molecule has 112 valence electrons. The van der Waals surface area contributed by atoms with E-state index >= 15 is 0 Å². The van der Waals surface area contributed by atoms with E-state index in [1.54, 1.807) is 12.1 Å². The van der Waals surface area contributed by atoms with Crippen LogP contribution in [0.2, 0.25) is 0 Å². The molecule has 0 atom stereocenters. The Morgan fingerprint density at radius 2 is 1.52 bits per heavy atom. The van der Waals surface area contributed by atoms with E-state index in [0.717, 1.165) is 12.0 Å². The molecule has 0 aliphatic heterocycles. The van der Waals surface area contributed by atoms with Crippen molar-refractivity contribution in [2.24, 2.45) is 0 Å². The molecule has 0 aliphatic carbocycles. The molecular formula is C18H19Cl2F. The molecule has 0 aromatic heterocycles. The normalized spacial score (nSPS) is 11.7. The Kier molecular flexibility index (Phi) is 5.29. The van der Waals surface area contributed by atoms with Gasteiger partial charge in [-0.2, -0.15) is 0 Å². The quantitative estimate of drug-likeness (QED) is 0.646. The van der Waals surface area contributed by atoms with Crippen molar-refractivity contribution in [3.05, 3.63) is 70.5 Å². The summed E-state index contributed by atoms with van der Waals surface area (Å²) in [5.74, 6) is 0.549. The van der Waals surface area contributed by atoms with Gasteiger partial charge in [-0.3, -0.25) is 0 Å². The molecule has 3 heteroatoms. The summed E-state index contributed by atoms with van der Waals surface area (Å²) in [4.78, 5) is 0. The monoisotopic (exact) mass is 324 g/mol. The second kappa shape index (κ2) is 6.81. The van der Waals surface area contributed by atoms with Crippen LogP contribution in [0.25, 0.3) is 0 Å². The molecule has 0 N–H and O–H groups in total. The number of alkyl halides is 2. The summed E-state index contributed by atoms with van der Waals surface area (Å²) in [5.41, 5.74) is 4.32. The van der Waals surface area contributed by atoms with Crippen LogP contribution < -0.4 is 0 Å². The van der Waals surface area contributed by atoms with Gasteiger partial charge >= 0.3 is 0 Å². The fourth-order valence-corrected chi connectivity index (χ4v) is 3.28. The lowest BCUT2D eigenvalue weighted by Crippen LogP contribution is -2.33. The summed E-state index contributed by atoms with van der Waals surface area (Å²) < 4.78 is 13.1. The van der Waals surface area contributed by atoms with Crippen LogP contribution in [0.4, 0.5) is 4.39 Å². The second-order valence-corrected chi connectivity index (χ2v) is 6.18. The number of benzene rings is 2. The van der Waals surface area contributed by atoms with Gasteiger partial charge < -0.3 is 0 Å². The van der Waals surface area contributed by atoms with E-state index < -0.39 is 0 Å². The summed E-state index contributed by atoms with van der Waals surface area (Å²) in [6.45, 7) is 4.19. The van der Waals surface area contributed by atoms with E-state index in [1.807, 2.05) is 0 Å². The van der Waals surface area contributed by atoms with Crippen molar-refractivity contribution < 1.29 is 4.39 Å². The van der Waals surface area contributed by atoms with Gasteiger partial charge in [0.15, 0.2) is 0 Å². The van der Waals surface area contributed by atoms with Crippen molar-refractivity contribution in [2.45, 2.75) is 25.7 Å². The van der Waals surface area contributed by atoms with Crippen molar-refractivity contribution >= 4 is 23.2 Å². The molecule has 0 nitrogen and oxygen atoms in total. The molecule has 0 heterocycles. The molecule has 0 aliphatic rings. The second-order valence-electron chi connectivity index (χ2n) is 5.65. The summed E-state index contributed by atoms with van der Waals surface area (Å²) in [6, 6.07) is 12.9. The van der Waals surface area contributed by atoms with Gasteiger partial charge in [-0.1, -0.05) is 30.3 Å². The number of rotatable bonds is 5. The fraction of sp³-hybridized carbons (Fsp3) is 0.333. The molecule has 0 bridgehead atoms. The van der Waals surface area contributed by atoms with Crippen LogP contribution in [0.5, 0.6) is 0 Å². The Labute approximate surface area is 135 Å². The minimum Gasteiger partial charge on any atom is -0.207 e. The zero-order chi connectivity index (χ0) is 15.5. The Bertz CT molecular complexity index is 601. The standard InChI is InChI=1S/C18H19Cl2F/c1-13-3-4-15(9-14(13)2)10-18(11-19,12-20)16-5-7-17(21)8-6-16/h3-9H,10-12H2,1-2H3. The van der Waals surface area contributed by atoms with Crippen molar-refractivity contribution in [1.82, 2.24) is 0 Å². The Morgan fingerprint density at radius 1 is 0.905 bits per heavy atom. The molecule has 0 fully saturated rings. The van der Waals surface area contributed by atoms with E-state index in [-0.39, 0.29) is 11.2 Å². The van der Waals surface area contributed by atoms with Gasteiger partial charge in [0.2, 0.25) is 0 Å². The number of hydrogen-bond donors (Lipinski definition) is 0. The number of aryl methyl sites for hydroxylation is 2. The predicted molar refractivity (Wildman–Crippen MR) is 89.1 cm³/mol. The molecule has 0 saturated heterocycles. The highest BCUT2D eigenvalue weighted by Gasteiger charge is 2.31. The number of hydrogen-bond acceptors (Lipinski definition) is 0. The summed E-state index contributed by atoms with van der Waals surface area (Å²) in [7, 11) is 0. The highest BCUT2D eigenvalue weighted by molar-refractivity contribution is 6.22. The largest absolute Gasteiger partial charge is 0.207 e. The van der Waals surface area contributed by atoms with Crippen molar-refractivity contribution in [2.75, 3.05) is 11.8 Å². The molecule has 2 rings (SSSR count). The SMILES string of the molecule is Cc1ccc(CC(CCl)(CCl)c2ccc(F)cc2)cc1C. The first kappa shape index (κ1) is 16.3. The molecule has 0 spiro atoms. The summed E-state index contributed by atoms with van der Waals surface area (Å²) in [5, 5.41) is 0. The predicted octanol–water partition coefficient (Wildman–Crippen LogP) is 5.40. The third-order valence-corrected chi connectivity index (χ3v) is 5.11. The minimum atomic E-state index is -0.376. The summed E-state index contributed by atoms with van der Waals surface area (Å²) in [6.07, 6.45) is 0.743. The molecular weight excluding hydrogens is 306 g/mol. The molecule has 0 amide bonds. The average Bonchev–Trinajstić information content (AvgIpc) is 2.49. The highest BCUT2D eigenvalue weighted by atomic mass is 35.5. The van der Waals surface area contributed by atoms with Gasteiger partial charge in [0.1, 0.15) is 5.82 Å². The van der Waals surface area contributed by atoms with Crippen molar-refractivity contribution in [3.8, 4) is 0 Å². The topological polar surface area (TPSA) is 0 Å². The van der Waals surface area contributed by atoms with E-state index in [4.69, 9.17) is 23.2 Å². The van der Waals surface area contributed by atoms with Crippen molar-refractivity contribution in [1.29, 1.82) is 0 Å². The maximum Gasteiger partial charge on any atom is 0.123 e. The van der Waals surface area contributed by atoms with Gasteiger partial charge in [-0.05, 0) is 54.7 Å². The van der Waals surface area contributed by atoms with Crippen LogP contribution in [-0.4, -0.2) is 11.8 Å². The van der Waals surface area contributed by atoms with Crippen LogP contribution in [0.1, 0.15) is 22.3 Å². The molecule has 2 aromatic carbocycles. The highest BCUT2D eigenvalue weighted by Crippen LogP contribution is 2.32. The Balaban J connectivity index is 2.37. The molecule has 21 heavy (non-hydrogen) atoms. The number of halogens is 3. The molecule has 0 saturated carbocycles. The molecule has 2 aromatic rings. The smallest absolute Gasteiger partial charge is 0.123 e. The Hall–Kier alpha value is -1.05. The van der Waals surface area contributed by atoms with E-state index in [0.29, 0.717) is 11.8 Å². The maximum absolute atomic E-state index is 13.1. The third-order valence-electron chi connectivity index (χ3n) is 4.08. The van der Waals surface area contributed by atoms with E-state index in [9.17, 15) is 4.39 Å². The van der Waals surface area contributed by atoms with Crippen LogP contribution in [-0.2, 0) is 11.8 Å². The summed E-state index contributed by atoms with van der Waals surface area (Å²) >= 11 is 12.5. The lowest BCUT2D eigenvalue weighted by atomic mass is 9.78. The van der Waals surface area contributed by atoms with E-state index in [1.165, 1.54) is 28.8 Å². The van der Waals surface area contributed by atoms with Gasteiger partial charge in [0.25, 0.3) is 0 Å². The van der Waals surface area contributed by atoms with E-state index in [2.05, 4.69) is 32.0 Å². The zero-order valence-corrected chi connectivity index (χ0v) is 13.8. The third kappa shape index (κ3) is 3.59. The van der Waals surface area contributed by atoms with Crippen LogP contribution >= 0.6 is 23.2 Å². The van der Waals surface area contributed by atoms with Crippen LogP contribution in [0.15, 0.2) is 42.5 Å². The maximum atomic E-state index is 13.1. The van der Waals surface area contributed by atoms with Gasteiger partial charge in [0.05, 0.1) is 0 Å². The van der Waals surface area contributed by atoms with Gasteiger partial charge in [-0.25, -0.2) is 4.39 Å². The first-order chi connectivity index (χ1) is 10.0. The lowest BCUT2D eigenvalue weighted by Gasteiger charge is -2.30. The lowest BCUT2D eigenvalue weighted by molar-refractivity contribution is 0.533. The minimum absolute atomic E-state index is 0.247. The zero-order valence-electron chi connectivity index (χ0n) is 12.3. The Morgan fingerprint density at radius 3 is 2.05 bits per heavy atom. The van der Waals surface area contributed by atoms with Crippen LogP contribution in [0.3, 0.4) is 0 Å². The van der Waals surface area contributed by atoms with Crippen LogP contribution in [0, 0.1) is 19.7 Å². The van der Waals surface area contributed by atoms with Gasteiger partial charge in [-0.15, -0.1) is 23.2 Å². The van der Waals surface area contributed by atoms with Gasteiger partial charge in [0, 0.05) is 17.2 Å². The molecule has 0 radical (unpaired) electrons. The fourth-order valence-electron chi connectivity index (χ4n) is 2.49. The average molecular weight is 325 g/mol. The van der Waals surface area contributed by atoms with Crippen molar-refractivity contribution in [3.63, 3.8) is 0 Å². The molecule has 0 unspecified atom stereocenters.